The molecule has 3 aromatic rings. The van der Waals surface area contributed by atoms with Crippen LogP contribution in [0.25, 0.3) is 10.8 Å². The zero-order valence-corrected chi connectivity index (χ0v) is 15.4. The number of amides is 1. The molecule has 0 radical (unpaired) electrons. The van der Waals surface area contributed by atoms with Crippen LogP contribution in [0, 0.1) is 0 Å². The molecule has 3 aromatic carbocycles. The molecule has 2 atom stereocenters. The average molecular weight is 377 g/mol. The second kappa shape index (κ2) is 7.45. The van der Waals surface area contributed by atoms with Crippen molar-refractivity contribution in [3.8, 4) is 0 Å². The molecule has 5 heteroatoms. The lowest BCUT2D eigenvalue weighted by Crippen LogP contribution is -2.43. The van der Waals surface area contributed by atoms with Crippen LogP contribution in [0.4, 0.5) is 0 Å². The molecule has 0 aromatic heterocycles. The molecule has 1 aliphatic heterocycles. The third kappa shape index (κ3) is 3.43. The van der Waals surface area contributed by atoms with Crippen molar-refractivity contribution in [3.63, 3.8) is 0 Å². The number of hydrogen-bond donors (Lipinski definition) is 1. The molecule has 4 rings (SSSR count). The summed E-state index contributed by atoms with van der Waals surface area (Å²) in [4.78, 5) is 26.5. The van der Waals surface area contributed by atoms with Gasteiger partial charge in [0.25, 0.3) is 0 Å². The van der Waals surface area contributed by atoms with Crippen molar-refractivity contribution in [1.82, 2.24) is 4.90 Å². The summed E-state index contributed by atoms with van der Waals surface area (Å²) in [6.07, 6.45) is 0.190. The van der Waals surface area contributed by atoms with Crippen molar-refractivity contribution >= 4 is 34.4 Å². The predicted octanol–water partition coefficient (Wildman–Crippen LogP) is 4.11. The van der Waals surface area contributed by atoms with Crippen LogP contribution in [0.15, 0.2) is 72.8 Å². The fourth-order valence-electron chi connectivity index (χ4n) is 3.58. The maximum absolute atomic E-state index is 13.2. The van der Waals surface area contributed by atoms with Crippen LogP contribution < -0.4 is 0 Å². The fraction of sp³-hybridized carbons (Fsp3) is 0.182. The van der Waals surface area contributed by atoms with Crippen LogP contribution in [0.3, 0.4) is 0 Å². The molecule has 0 spiro atoms. The van der Waals surface area contributed by atoms with Gasteiger partial charge in [0.1, 0.15) is 11.4 Å². The zero-order valence-electron chi connectivity index (χ0n) is 14.6. The third-order valence-corrected chi connectivity index (χ3v) is 6.20. The highest BCUT2D eigenvalue weighted by molar-refractivity contribution is 7.99. The number of thioether (sulfide) groups is 1. The van der Waals surface area contributed by atoms with Crippen LogP contribution in [-0.4, -0.2) is 33.7 Å². The number of benzene rings is 3. The molecule has 0 aliphatic carbocycles. The Morgan fingerprint density at radius 1 is 0.963 bits per heavy atom. The van der Waals surface area contributed by atoms with Crippen LogP contribution in [-0.2, 0) is 16.0 Å². The highest BCUT2D eigenvalue weighted by Crippen LogP contribution is 2.41. The molecular formula is C22H19NO3S. The molecule has 1 fully saturated rings. The van der Waals surface area contributed by atoms with Gasteiger partial charge in [-0.3, -0.25) is 4.79 Å². The van der Waals surface area contributed by atoms with Gasteiger partial charge in [0.05, 0.1) is 6.42 Å². The number of carbonyl (C=O) groups excluding carboxylic acids is 1. The highest BCUT2D eigenvalue weighted by Gasteiger charge is 2.42. The largest absolute Gasteiger partial charge is 0.480 e. The van der Waals surface area contributed by atoms with Gasteiger partial charge in [-0.1, -0.05) is 72.8 Å². The van der Waals surface area contributed by atoms with Gasteiger partial charge in [-0.15, -0.1) is 11.8 Å². The summed E-state index contributed by atoms with van der Waals surface area (Å²) < 4.78 is 0. The summed E-state index contributed by atoms with van der Waals surface area (Å²) in [6, 6.07) is 22.7. The Morgan fingerprint density at radius 3 is 2.44 bits per heavy atom. The minimum atomic E-state index is -0.952. The first-order valence-electron chi connectivity index (χ1n) is 8.82. The molecule has 1 heterocycles. The van der Waals surface area contributed by atoms with Gasteiger partial charge in [0.2, 0.25) is 5.91 Å². The van der Waals surface area contributed by atoms with Gasteiger partial charge in [0, 0.05) is 5.75 Å². The molecule has 27 heavy (non-hydrogen) atoms. The maximum Gasteiger partial charge on any atom is 0.327 e. The molecular weight excluding hydrogens is 358 g/mol. The normalized spacial score (nSPS) is 19.3. The number of carboxylic acids is 1. The Balaban J connectivity index is 1.67. The standard InChI is InChI=1S/C22H19NO3S/c24-20(13-17-11-6-10-15-7-4-5-12-18(15)17)23-19(22(25)26)14-27-21(23)16-8-2-1-3-9-16/h1-12,19,21H,13-14H2,(H,25,26)/t19-,21?/m0/s1. The van der Waals surface area contributed by atoms with Gasteiger partial charge < -0.3 is 10.0 Å². The molecule has 1 N–H and O–H groups in total. The molecule has 0 bridgehead atoms. The predicted molar refractivity (Wildman–Crippen MR) is 108 cm³/mol. The van der Waals surface area contributed by atoms with Crippen molar-refractivity contribution in [2.45, 2.75) is 17.8 Å². The maximum atomic E-state index is 13.2. The van der Waals surface area contributed by atoms with Crippen molar-refractivity contribution < 1.29 is 14.7 Å². The molecule has 4 nitrogen and oxygen atoms in total. The molecule has 136 valence electrons. The summed E-state index contributed by atoms with van der Waals surface area (Å²) in [7, 11) is 0. The highest BCUT2D eigenvalue weighted by atomic mass is 32.2. The van der Waals surface area contributed by atoms with Crippen molar-refractivity contribution in [1.29, 1.82) is 0 Å². The van der Waals surface area contributed by atoms with Gasteiger partial charge in [-0.05, 0) is 21.9 Å². The molecule has 1 saturated heterocycles. The number of nitrogens with zero attached hydrogens (tertiary/aromatic N) is 1. The Labute approximate surface area is 161 Å². The lowest BCUT2D eigenvalue weighted by Gasteiger charge is -2.28. The van der Waals surface area contributed by atoms with Crippen molar-refractivity contribution in [2.75, 3.05) is 5.75 Å². The van der Waals surface area contributed by atoms with E-state index >= 15 is 0 Å². The summed E-state index contributed by atoms with van der Waals surface area (Å²) in [6.45, 7) is 0. The number of carboxylic acid groups (broad SMARTS) is 1. The van der Waals surface area contributed by atoms with E-state index < -0.39 is 12.0 Å². The molecule has 1 amide bonds. The first-order chi connectivity index (χ1) is 13.1. The van der Waals surface area contributed by atoms with Gasteiger partial charge >= 0.3 is 5.97 Å². The van der Waals surface area contributed by atoms with E-state index in [2.05, 4.69) is 0 Å². The molecule has 1 unspecified atom stereocenters. The third-order valence-electron chi connectivity index (χ3n) is 4.88. The summed E-state index contributed by atoms with van der Waals surface area (Å²) in [5, 5.41) is 11.5. The van der Waals surface area contributed by atoms with E-state index in [0.29, 0.717) is 5.75 Å². The molecule has 1 aliphatic rings. The summed E-state index contributed by atoms with van der Waals surface area (Å²) >= 11 is 1.51. The van der Waals surface area contributed by atoms with E-state index in [0.717, 1.165) is 21.9 Å². The Morgan fingerprint density at radius 2 is 1.67 bits per heavy atom. The number of fused-ring (bicyclic) bond motifs is 1. The number of aliphatic carboxylic acids is 1. The monoisotopic (exact) mass is 377 g/mol. The fourth-order valence-corrected chi connectivity index (χ4v) is 5.02. The lowest BCUT2D eigenvalue weighted by atomic mass is 10.0. The number of hydrogen-bond acceptors (Lipinski definition) is 3. The van der Waals surface area contributed by atoms with E-state index in [1.54, 1.807) is 4.90 Å². The number of carbonyl (C=O) groups is 2. The van der Waals surface area contributed by atoms with Crippen molar-refractivity contribution in [2.24, 2.45) is 0 Å². The molecule has 0 saturated carbocycles. The second-order valence-corrected chi connectivity index (χ2v) is 7.68. The number of rotatable bonds is 4. The quantitative estimate of drug-likeness (QED) is 0.743. The van der Waals surface area contributed by atoms with E-state index in [1.165, 1.54) is 11.8 Å². The smallest absolute Gasteiger partial charge is 0.327 e. The zero-order chi connectivity index (χ0) is 18.8. The average Bonchev–Trinajstić information content (AvgIpc) is 3.15. The Kier molecular flexibility index (Phi) is 4.86. The first-order valence-corrected chi connectivity index (χ1v) is 9.87. The Bertz CT molecular complexity index is 984. The lowest BCUT2D eigenvalue weighted by molar-refractivity contribution is -0.148. The van der Waals surface area contributed by atoms with Crippen LogP contribution in [0.5, 0.6) is 0 Å². The van der Waals surface area contributed by atoms with E-state index in [9.17, 15) is 14.7 Å². The van der Waals surface area contributed by atoms with E-state index in [1.807, 2.05) is 72.8 Å². The van der Waals surface area contributed by atoms with E-state index in [4.69, 9.17) is 0 Å². The van der Waals surface area contributed by atoms with E-state index in [-0.39, 0.29) is 17.7 Å². The Hall–Kier alpha value is -2.79. The SMILES string of the molecule is O=C(O)[C@@H]1CSC(c2ccccc2)N1C(=O)Cc1cccc2ccccc12. The van der Waals surface area contributed by atoms with Gasteiger partial charge in [-0.2, -0.15) is 0 Å². The van der Waals surface area contributed by atoms with Crippen molar-refractivity contribution in [3.05, 3.63) is 83.9 Å². The minimum absolute atomic E-state index is 0.155. The van der Waals surface area contributed by atoms with Gasteiger partial charge in [-0.25, -0.2) is 4.79 Å². The van der Waals surface area contributed by atoms with Crippen LogP contribution >= 0.6 is 11.8 Å². The van der Waals surface area contributed by atoms with Crippen LogP contribution in [0.1, 0.15) is 16.5 Å². The topological polar surface area (TPSA) is 57.6 Å². The minimum Gasteiger partial charge on any atom is -0.480 e. The van der Waals surface area contributed by atoms with Crippen LogP contribution in [0.2, 0.25) is 0 Å². The summed E-state index contributed by atoms with van der Waals surface area (Å²) in [5.41, 5.74) is 1.88. The second-order valence-electron chi connectivity index (χ2n) is 6.57. The first kappa shape index (κ1) is 17.6. The summed E-state index contributed by atoms with van der Waals surface area (Å²) in [5.74, 6) is -0.708. The van der Waals surface area contributed by atoms with Gasteiger partial charge in [0.15, 0.2) is 0 Å².